The van der Waals surface area contributed by atoms with Crippen molar-refractivity contribution in [2.45, 2.75) is 19.4 Å². The Morgan fingerprint density at radius 3 is 2.79 bits per heavy atom. The maximum absolute atomic E-state index is 11.1. The Hall–Kier alpha value is -1.85. The average molecular weight is 279 g/mol. The van der Waals surface area contributed by atoms with Gasteiger partial charge in [0.05, 0.1) is 5.69 Å². The fraction of sp³-hybridized carbons (Fsp3) is 0.231. The molecule has 19 heavy (non-hydrogen) atoms. The van der Waals surface area contributed by atoms with E-state index < -0.39 is 5.91 Å². The maximum Gasteiger partial charge on any atom is 0.269 e. The van der Waals surface area contributed by atoms with Crippen LogP contribution in [-0.4, -0.2) is 21.7 Å². The van der Waals surface area contributed by atoms with E-state index in [4.69, 9.17) is 23.1 Å². The van der Waals surface area contributed by atoms with Crippen molar-refractivity contribution in [2.75, 3.05) is 0 Å². The molecule has 5 nitrogen and oxygen atoms in total. The number of carbonyl (C=O) groups is 1. The lowest BCUT2D eigenvalue weighted by Crippen LogP contribution is -2.19. The largest absolute Gasteiger partial charge is 0.364 e. The molecule has 1 heterocycles. The van der Waals surface area contributed by atoms with Crippen LogP contribution in [0.1, 0.15) is 23.0 Å². The number of hydrogen-bond acceptors (Lipinski definition) is 3. The molecule has 0 fully saturated rings. The summed E-state index contributed by atoms with van der Waals surface area (Å²) in [4.78, 5) is 11.1. The summed E-state index contributed by atoms with van der Waals surface area (Å²) < 4.78 is 1.59. The van der Waals surface area contributed by atoms with E-state index in [9.17, 15) is 4.79 Å². The van der Waals surface area contributed by atoms with Crippen molar-refractivity contribution in [1.29, 1.82) is 0 Å². The molecule has 2 rings (SSSR count). The Morgan fingerprint density at radius 1 is 1.47 bits per heavy atom. The fourth-order valence-corrected chi connectivity index (χ4v) is 2.12. The predicted octanol–water partition coefficient (Wildman–Crippen LogP) is 1.51. The van der Waals surface area contributed by atoms with Gasteiger partial charge in [0.1, 0.15) is 5.69 Å². The summed E-state index contributed by atoms with van der Waals surface area (Å²) in [5, 5.41) is 4.76. The van der Waals surface area contributed by atoms with Gasteiger partial charge in [-0.05, 0) is 37.1 Å². The summed E-state index contributed by atoms with van der Waals surface area (Å²) in [7, 11) is 0. The number of hydrogen-bond donors (Lipinski definition) is 2. The van der Waals surface area contributed by atoms with Gasteiger partial charge in [-0.2, -0.15) is 5.10 Å². The minimum Gasteiger partial charge on any atom is -0.364 e. The van der Waals surface area contributed by atoms with E-state index >= 15 is 0 Å². The van der Waals surface area contributed by atoms with Gasteiger partial charge in [-0.1, -0.05) is 17.7 Å². The smallest absolute Gasteiger partial charge is 0.269 e. The topological polar surface area (TPSA) is 86.9 Å². The molecule has 0 saturated heterocycles. The van der Waals surface area contributed by atoms with Crippen molar-refractivity contribution in [3.8, 4) is 5.69 Å². The number of rotatable bonds is 4. The van der Waals surface area contributed by atoms with Crippen LogP contribution in [0.5, 0.6) is 0 Å². The molecule has 0 spiro atoms. The van der Waals surface area contributed by atoms with Crippen molar-refractivity contribution in [3.05, 3.63) is 46.7 Å². The molecule has 2 aromatic rings. The number of carbonyl (C=O) groups excluding carboxylic acids is 1. The second-order valence-corrected chi connectivity index (χ2v) is 4.84. The summed E-state index contributed by atoms with van der Waals surface area (Å²) in [6.07, 6.45) is 2.30. The van der Waals surface area contributed by atoms with Crippen molar-refractivity contribution >= 4 is 17.5 Å². The molecular weight excluding hydrogens is 264 g/mol. The Bertz CT molecular complexity index is 606. The van der Waals surface area contributed by atoms with Crippen molar-refractivity contribution in [1.82, 2.24) is 9.78 Å². The van der Waals surface area contributed by atoms with Gasteiger partial charge in [0.15, 0.2) is 0 Å². The summed E-state index contributed by atoms with van der Waals surface area (Å²) in [6, 6.07) is 7.06. The summed E-state index contributed by atoms with van der Waals surface area (Å²) >= 11 is 6.20. The number of nitrogens with two attached hydrogens (primary N) is 2. The zero-order chi connectivity index (χ0) is 14.0. The molecular formula is C13H15ClN4O. The molecule has 0 aliphatic rings. The highest BCUT2D eigenvalue weighted by atomic mass is 35.5. The molecule has 1 atom stereocenters. The van der Waals surface area contributed by atoms with Crippen LogP contribution in [0.2, 0.25) is 5.02 Å². The fourth-order valence-electron chi connectivity index (χ4n) is 1.88. The quantitative estimate of drug-likeness (QED) is 0.889. The molecule has 0 aliphatic carbocycles. The van der Waals surface area contributed by atoms with Crippen LogP contribution < -0.4 is 11.5 Å². The second kappa shape index (κ2) is 5.42. The van der Waals surface area contributed by atoms with Crippen LogP contribution in [0.4, 0.5) is 0 Å². The van der Waals surface area contributed by atoms with E-state index in [0.717, 1.165) is 11.3 Å². The van der Waals surface area contributed by atoms with E-state index in [1.54, 1.807) is 23.0 Å². The van der Waals surface area contributed by atoms with Crippen molar-refractivity contribution in [3.63, 3.8) is 0 Å². The third-order valence-corrected chi connectivity index (χ3v) is 3.06. The van der Waals surface area contributed by atoms with Gasteiger partial charge in [0.2, 0.25) is 0 Å². The van der Waals surface area contributed by atoms with Gasteiger partial charge in [-0.15, -0.1) is 0 Å². The zero-order valence-corrected chi connectivity index (χ0v) is 11.3. The summed E-state index contributed by atoms with van der Waals surface area (Å²) in [5.41, 5.74) is 12.9. The van der Waals surface area contributed by atoms with E-state index in [2.05, 4.69) is 5.10 Å². The van der Waals surface area contributed by atoms with Gasteiger partial charge < -0.3 is 11.5 Å². The Morgan fingerprint density at radius 2 is 2.21 bits per heavy atom. The third-order valence-electron chi connectivity index (χ3n) is 2.71. The monoisotopic (exact) mass is 278 g/mol. The zero-order valence-electron chi connectivity index (χ0n) is 10.5. The number of primary amides is 1. The number of aromatic nitrogens is 2. The molecule has 1 unspecified atom stereocenters. The van der Waals surface area contributed by atoms with Crippen molar-refractivity contribution < 1.29 is 4.79 Å². The molecule has 0 bridgehead atoms. The Labute approximate surface area is 116 Å². The number of nitrogens with zero attached hydrogens (tertiary/aromatic N) is 2. The van der Waals surface area contributed by atoms with E-state index in [1.165, 1.54) is 0 Å². The Kier molecular flexibility index (Phi) is 3.87. The maximum atomic E-state index is 11.1. The lowest BCUT2D eigenvalue weighted by Gasteiger charge is -2.13. The van der Waals surface area contributed by atoms with Crippen LogP contribution in [0, 0.1) is 0 Å². The second-order valence-electron chi connectivity index (χ2n) is 4.43. The molecule has 1 aromatic heterocycles. The molecule has 0 aliphatic heterocycles. The molecule has 100 valence electrons. The number of halogens is 1. The normalized spacial score (nSPS) is 12.4. The van der Waals surface area contributed by atoms with Crippen LogP contribution >= 0.6 is 11.6 Å². The van der Waals surface area contributed by atoms with E-state index in [0.29, 0.717) is 11.4 Å². The first-order chi connectivity index (χ1) is 8.99. The van der Waals surface area contributed by atoms with Gasteiger partial charge >= 0.3 is 0 Å². The van der Waals surface area contributed by atoms with E-state index in [1.807, 2.05) is 19.1 Å². The molecule has 0 saturated carbocycles. The van der Waals surface area contributed by atoms with Gasteiger partial charge in [-0.3, -0.25) is 4.79 Å². The first kappa shape index (κ1) is 13.6. The minimum absolute atomic E-state index is 0.0233. The average Bonchev–Trinajstić information content (AvgIpc) is 2.80. The van der Waals surface area contributed by atoms with Crippen molar-refractivity contribution in [2.24, 2.45) is 11.5 Å². The molecule has 1 amide bonds. The minimum atomic E-state index is -0.561. The summed E-state index contributed by atoms with van der Waals surface area (Å²) in [6.45, 7) is 1.91. The predicted molar refractivity (Wildman–Crippen MR) is 74.4 cm³/mol. The lowest BCUT2D eigenvalue weighted by atomic mass is 10.1. The molecule has 1 aromatic carbocycles. The van der Waals surface area contributed by atoms with Crippen LogP contribution in [0.25, 0.3) is 5.69 Å². The SMILES string of the molecule is CC(N)Cc1c(Cl)cccc1-n1ccc(C(N)=O)n1. The lowest BCUT2D eigenvalue weighted by molar-refractivity contribution is 0.0995. The van der Waals surface area contributed by atoms with Crippen LogP contribution in [-0.2, 0) is 6.42 Å². The highest BCUT2D eigenvalue weighted by Gasteiger charge is 2.13. The molecule has 4 N–H and O–H groups in total. The first-order valence-electron chi connectivity index (χ1n) is 5.88. The number of benzene rings is 1. The first-order valence-corrected chi connectivity index (χ1v) is 6.25. The highest BCUT2D eigenvalue weighted by Crippen LogP contribution is 2.24. The van der Waals surface area contributed by atoms with E-state index in [-0.39, 0.29) is 11.7 Å². The Balaban J connectivity index is 2.48. The van der Waals surface area contributed by atoms with Crippen LogP contribution in [0.15, 0.2) is 30.5 Å². The van der Waals surface area contributed by atoms with Gasteiger partial charge in [0.25, 0.3) is 5.91 Å². The summed E-state index contributed by atoms with van der Waals surface area (Å²) in [5.74, 6) is -0.561. The molecule has 6 heteroatoms. The van der Waals surface area contributed by atoms with Gasteiger partial charge in [0, 0.05) is 17.3 Å². The molecule has 0 radical (unpaired) electrons. The van der Waals surface area contributed by atoms with Crippen LogP contribution in [0.3, 0.4) is 0 Å². The van der Waals surface area contributed by atoms with Gasteiger partial charge in [-0.25, -0.2) is 4.68 Å². The third kappa shape index (κ3) is 2.94. The standard InChI is InChI=1S/C13H15ClN4O/c1-8(15)7-9-10(14)3-2-4-12(9)18-6-5-11(17-18)13(16)19/h2-6,8H,7,15H2,1H3,(H2,16,19). The number of amides is 1. The highest BCUT2D eigenvalue weighted by molar-refractivity contribution is 6.31.